The van der Waals surface area contributed by atoms with E-state index < -0.39 is 5.79 Å². The Morgan fingerprint density at radius 2 is 1.95 bits per heavy atom. The van der Waals surface area contributed by atoms with Crippen molar-refractivity contribution < 1.29 is 19.0 Å². The summed E-state index contributed by atoms with van der Waals surface area (Å²) in [4.78, 5) is 11.3. The smallest absolute Gasteiger partial charge is 0.330 e. The van der Waals surface area contributed by atoms with Crippen molar-refractivity contribution >= 4 is 5.97 Å². The number of rotatable bonds is 7. The predicted molar refractivity (Wildman–Crippen MR) is 71.6 cm³/mol. The molecule has 0 radical (unpaired) electrons. The third-order valence-electron chi connectivity index (χ3n) is 4.15. The number of esters is 1. The topological polar surface area (TPSA) is 44.8 Å². The van der Waals surface area contributed by atoms with Crippen molar-refractivity contribution in [3.05, 3.63) is 12.2 Å². The Labute approximate surface area is 115 Å². The molecule has 4 nitrogen and oxygen atoms in total. The minimum Gasteiger partial charge on any atom is -0.466 e. The fourth-order valence-electron chi connectivity index (χ4n) is 2.85. The molecule has 2 fully saturated rings. The summed E-state index contributed by atoms with van der Waals surface area (Å²) in [5.41, 5.74) is -0.120. The Morgan fingerprint density at radius 1 is 1.26 bits per heavy atom. The van der Waals surface area contributed by atoms with Crippen molar-refractivity contribution in [3.8, 4) is 0 Å². The van der Waals surface area contributed by atoms with Crippen molar-refractivity contribution in [2.45, 2.75) is 51.2 Å². The second-order valence-corrected chi connectivity index (χ2v) is 5.42. The van der Waals surface area contributed by atoms with Crippen LogP contribution in [-0.4, -0.2) is 32.1 Å². The molecule has 19 heavy (non-hydrogen) atoms. The summed E-state index contributed by atoms with van der Waals surface area (Å²) >= 11 is 0. The van der Waals surface area contributed by atoms with Crippen LogP contribution in [-0.2, 0) is 19.0 Å². The van der Waals surface area contributed by atoms with Gasteiger partial charge in [-0.25, -0.2) is 4.79 Å². The van der Waals surface area contributed by atoms with E-state index >= 15 is 0 Å². The van der Waals surface area contributed by atoms with Gasteiger partial charge in [-0.1, -0.05) is 25.8 Å². The number of hydrogen-bond donors (Lipinski definition) is 0. The van der Waals surface area contributed by atoms with Gasteiger partial charge in [-0.05, 0) is 19.3 Å². The second-order valence-electron chi connectivity index (χ2n) is 5.42. The third-order valence-corrected chi connectivity index (χ3v) is 4.15. The fraction of sp³-hybridized carbons (Fsp3) is 0.800. The van der Waals surface area contributed by atoms with Crippen LogP contribution in [0.1, 0.15) is 45.4 Å². The van der Waals surface area contributed by atoms with Crippen LogP contribution in [0.15, 0.2) is 12.2 Å². The summed E-state index contributed by atoms with van der Waals surface area (Å²) in [6.45, 7) is 3.49. The molecule has 1 heterocycles. The maximum atomic E-state index is 11.3. The summed E-state index contributed by atoms with van der Waals surface area (Å²) < 4.78 is 16.6. The van der Waals surface area contributed by atoms with Crippen molar-refractivity contribution in [2.75, 3.05) is 20.3 Å². The molecular formula is C15H24O4. The van der Waals surface area contributed by atoms with Crippen LogP contribution in [0.4, 0.5) is 0 Å². The monoisotopic (exact) mass is 268 g/mol. The first-order chi connectivity index (χ1) is 9.18. The van der Waals surface area contributed by atoms with E-state index in [0.717, 1.165) is 25.7 Å². The van der Waals surface area contributed by atoms with Crippen LogP contribution >= 0.6 is 0 Å². The van der Waals surface area contributed by atoms with E-state index in [-0.39, 0.29) is 11.4 Å². The van der Waals surface area contributed by atoms with Gasteiger partial charge in [0.05, 0.1) is 20.3 Å². The number of hydrogen-bond acceptors (Lipinski definition) is 4. The molecule has 0 amide bonds. The molecule has 1 saturated carbocycles. The largest absolute Gasteiger partial charge is 0.466 e. The van der Waals surface area contributed by atoms with E-state index in [9.17, 15) is 4.79 Å². The minimum absolute atomic E-state index is 0.120. The minimum atomic E-state index is -0.507. The molecule has 0 N–H and O–H groups in total. The highest BCUT2D eigenvalue weighted by Crippen LogP contribution is 2.60. The van der Waals surface area contributed by atoms with Crippen LogP contribution < -0.4 is 0 Å². The fourth-order valence-corrected chi connectivity index (χ4v) is 2.85. The predicted octanol–water partition coefficient (Wildman–Crippen LogP) is 2.82. The summed E-state index contributed by atoms with van der Waals surface area (Å²) in [5.74, 6) is -0.819. The molecule has 0 spiro atoms. The SMILES string of the molecule is CCCCCC1(C2(C=CC(=O)OC)CC2)OCCO1. The number of carbonyl (C=O) groups excluding carboxylic acids is 1. The molecule has 0 aromatic heterocycles. The van der Waals surface area contributed by atoms with Gasteiger partial charge in [-0.3, -0.25) is 0 Å². The number of methoxy groups -OCH3 is 1. The number of ether oxygens (including phenoxy) is 3. The Kier molecular flexibility index (Phi) is 4.63. The lowest BCUT2D eigenvalue weighted by atomic mass is 9.89. The van der Waals surface area contributed by atoms with Gasteiger partial charge in [0.1, 0.15) is 0 Å². The maximum Gasteiger partial charge on any atom is 0.330 e. The van der Waals surface area contributed by atoms with Gasteiger partial charge in [0, 0.05) is 17.9 Å². The number of unbranched alkanes of at least 4 members (excludes halogenated alkanes) is 2. The lowest BCUT2D eigenvalue weighted by Crippen LogP contribution is -2.40. The Morgan fingerprint density at radius 3 is 2.47 bits per heavy atom. The van der Waals surface area contributed by atoms with E-state index in [0.29, 0.717) is 13.2 Å². The first-order valence-corrected chi connectivity index (χ1v) is 7.23. The molecule has 0 aromatic rings. The Balaban J connectivity index is 2.05. The molecule has 1 aliphatic heterocycles. The van der Waals surface area contributed by atoms with E-state index in [4.69, 9.17) is 9.47 Å². The van der Waals surface area contributed by atoms with E-state index in [1.807, 2.05) is 6.08 Å². The third kappa shape index (κ3) is 3.00. The summed E-state index contributed by atoms with van der Waals surface area (Å²) in [6, 6.07) is 0. The van der Waals surface area contributed by atoms with Gasteiger partial charge in [-0.2, -0.15) is 0 Å². The highest BCUT2D eigenvalue weighted by atomic mass is 16.7. The van der Waals surface area contributed by atoms with Gasteiger partial charge in [0.25, 0.3) is 0 Å². The molecule has 108 valence electrons. The average Bonchev–Trinajstić information content (AvgIpc) is 3.08. The van der Waals surface area contributed by atoms with Gasteiger partial charge >= 0.3 is 5.97 Å². The van der Waals surface area contributed by atoms with Crippen molar-refractivity contribution in [3.63, 3.8) is 0 Å². The summed E-state index contributed by atoms with van der Waals surface area (Å²) in [6.07, 6.45) is 9.87. The van der Waals surface area contributed by atoms with Crippen LogP contribution in [0.3, 0.4) is 0 Å². The zero-order chi connectivity index (χ0) is 13.8. The number of carbonyl (C=O) groups is 1. The Hall–Kier alpha value is -0.870. The van der Waals surface area contributed by atoms with Gasteiger partial charge in [0.2, 0.25) is 0 Å². The standard InChI is InChI=1S/C15H24O4/c1-3-4-5-7-15(18-11-12-19-15)14(9-10-14)8-6-13(16)17-2/h6,8H,3-5,7,9-12H2,1-2H3. The zero-order valence-corrected chi connectivity index (χ0v) is 11.9. The molecule has 1 saturated heterocycles. The molecule has 2 aliphatic rings. The lowest BCUT2D eigenvalue weighted by Gasteiger charge is -2.34. The molecule has 0 aromatic carbocycles. The van der Waals surface area contributed by atoms with Gasteiger partial charge < -0.3 is 14.2 Å². The Bertz CT molecular complexity index is 338. The molecule has 0 unspecified atom stereocenters. The van der Waals surface area contributed by atoms with E-state index in [1.165, 1.54) is 26.0 Å². The molecular weight excluding hydrogens is 244 g/mol. The normalized spacial score (nSPS) is 23.7. The molecule has 0 bridgehead atoms. The van der Waals surface area contributed by atoms with Gasteiger partial charge in [0.15, 0.2) is 5.79 Å². The quantitative estimate of drug-likeness (QED) is 0.404. The molecule has 2 rings (SSSR count). The zero-order valence-electron chi connectivity index (χ0n) is 11.9. The first kappa shape index (κ1) is 14.5. The van der Waals surface area contributed by atoms with Gasteiger partial charge in [-0.15, -0.1) is 0 Å². The second kappa shape index (κ2) is 6.06. The molecule has 0 atom stereocenters. The van der Waals surface area contributed by atoms with E-state index in [2.05, 4.69) is 11.7 Å². The van der Waals surface area contributed by atoms with Crippen LogP contribution in [0, 0.1) is 5.41 Å². The highest BCUT2D eigenvalue weighted by molar-refractivity contribution is 5.82. The van der Waals surface area contributed by atoms with Crippen LogP contribution in [0.5, 0.6) is 0 Å². The van der Waals surface area contributed by atoms with E-state index in [1.54, 1.807) is 0 Å². The molecule has 1 aliphatic carbocycles. The first-order valence-electron chi connectivity index (χ1n) is 7.23. The van der Waals surface area contributed by atoms with Crippen molar-refractivity contribution in [1.29, 1.82) is 0 Å². The average molecular weight is 268 g/mol. The van der Waals surface area contributed by atoms with Crippen molar-refractivity contribution in [1.82, 2.24) is 0 Å². The van der Waals surface area contributed by atoms with Crippen molar-refractivity contribution in [2.24, 2.45) is 5.41 Å². The summed E-state index contributed by atoms with van der Waals surface area (Å²) in [5, 5.41) is 0. The summed E-state index contributed by atoms with van der Waals surface area (Å²) in [7, 11) is 1.39. The highest BCUT2D eigenvalue weighted by Gasteiger charge is 2.61. The molecule has 4 heteroatoms. The lowest BCUT2D eigenvalue weighted by molar-refractivity contribution is -0.199. The van der Waals surface area contributed by atoms with Crippen LogP contribution in [0.25, 0.3) is 0 Å². The maximum absolute atomic E-state index is 11.3. The van der Waals surface area contributed by atoms with Crippen LogP contribution in [0.2, 0.25) is 0 Å².